The number of aromatic nitrogens is 4. The van der Waals surface area contributed by atoms with Crippen molar-refractivity contribution in [1.82, 2.24) is 19.9 Å². The van der Waals surface area contributed by atoms with Crippen LogP contribution in [0.15, 0.2) is 46.1 Å². The first-order valence-electron chi connectivity index (χ1n) is 8.31. The summed E-state index contributed by atoms with van der Waals surface area (Å²) >= 11 is 1.58. The summed E-state index contributed by atoms with van der Waals surface area (Å²) in [5, 5.41) is 13.5. The highest BCUT2D eigenvalue weighted by molar-refractivity contribution is 7.98. The maximum absolute atomic E-state index is 6.33. The SMILES string of the molecule is CC(C)c1cc(CSc2nnc(C(N)Cc3ccccc3)n2C)no1. The smallest absolute Gasteiger partial charge is 0.191 e. The van der Waals surface area contributed by atoms with Crippen molar-refractivity contribution in [2.75, 3.05) is 0 Å². The van der Waals surface area contributed by atoms with Crippen LogP contribution >= 0.6 is 11.8 Å². The first-order valence-corrected chi connectivity index (χ1v) is 9.30. The van der Waals surface area contributed by atoms with E-state index in [1.807, 2.05) is 35.9 Å². The zero-order valence-corrected chi connectivity index (χ0v) is 15.5. The Morgan fingerprint density at radius 1 is 1.20 bits per heavy atom. The van der Waals surface area contributed by atoms with Gasteiger partial charge in [0.05, 0.1) is 11.7 Å². The number of nitrogens with two attached hydrogens (primary N) is 1. The summed E-state index contributed by atoms with van der Waals surface area (Å²) in [6.45, 7) is 4.17. The lowest BCUT2D eigenvalue weighted by Crippen LogP contribution is -2.18. The van der Waals surface area contributed by atoms with Crippen molar-refractivity contribution in [3.05, 3.63) is 59.2 Å². The van der Waals surface area contributed by atoms with Crippen LogP contribution in [0, 0.1) is 0 Å². The molecule has 0 saturated carbocycles. The minimum atomic E-state index is -0.186. The van der Waals surface area contributed by atoms with E-state index in [2.05, 4.69) is 41.3 Å². The average molecular weight is 357 g/mol. The summed E-state index contributed by atoms with van der Waals surface area (Å²) in [5.41, 5.74) is 8.43. The largest absolute Gasteiger partial charge is 0.361 e. The highest BCUT2D eigenvalue weighted by Crippen LogP contribution is 2.24. The predicted octanol–water partition coefficient (Wildman–Crippen LogP) is 3.46. The maximum atomic E-state index is 6.33. The van der Waals surface area contributed by atoms with Gasteiger partial charge < -0.3 is 14.8 Å². The summed E-state index contributed by atoms with van der Waals surface area (Å²) in [7, 11) is 1.95. The van der Waals surface area contributed by atoms with Gasteiger partial charge in [-0.3, -0.25) is 0 Å². The molecule has 1 unspecified atom stereocenters. The fourth-order valence-corrected chi connectivity index (χ4v) is 3.34. The third-order valence-electron chi connectivity index (χ3n) is 3.99. The van der Waals surface area contributed by atoms with Crippen molar-refractivity contribution in [2.24, 2.45) is 12.8 Å². The second-order valence-electron chi connectivity index (χ2n) is 6.36. The third kappa shape index (κ3) is 4.29. The van der Waals surface area contributed by atoms with Crippen LogP contribution in [0.2, 0.25) is 0 Å². The number of rotatable bonds is 7. The summed E-state index contributed by atoms with van der Waals surface area (Å²) < 4.78 is 7.29. The van der Waals surface area contributed by atoms with E-state index < -0.39 is 0 Å². The van der Waals surface area contributed by atoms with Gasteiger partial charge in [0.25, 0.3) is 0 Å². The van der Waals surface area contributed by atoms with Gasteiger partial charge in [0.1, 0.15) is 5.76 Å². The van der Waals surface area contributed by atoms with E-state index in [0.717, 1.165) is 28.9 Å². The normalized spacial score (nSPS) is 12.7. The van der Waals surface area contributed by atoms with E-state index in [-0.39, 0.29) is 6.04 Å². The zero-order chi connectivity index (χ0) is 17.8. The molecule has 0 spiro atoms. The fourth-order valence-electron chi connectivity index (χ4n) is 2.54. The standard InChI is InChI=1S/C18H23N5OS/c1-12(2)16-10-14(22-24-16)11-25-18-21-20-17(23(18)3)15(19)9-13-7-5-4-6-8-13/h4-8,10,12,15H,9,11,19H2,1-3H3. The lowest BCUT2D eigenvalue weighted by atomic mass is 10.1. The van der Waals surface area contributed by atoms with Crippen molar-refractivity contribution < 1.29 is 4.52 Å². The monoisotopic (exact) mass is 357 g/mol. The van der Waals surface area contributed by atoms with Crippen molar-refractivity contribution >= 4 is 11.8 Å². The molecule has 6 nitrogen and oxygen atoms in total. The van der Waals surface area contributed by atoms with Gasteiger partial charge in [-0.25, -0.2) is 0 Å². The molecule has 2 aromatic heterocycles. The van der Waals surface area contributed by atoms with E-state index in [1.165, 1.54) is 5.56 Å². The molecular formula is C18H23N5OS. The molecule has 0 fully saturated rings. The van der Waals surface area contributed by atoms with E-state index in [1.54, 1.807) is 11.8 Å². The quantitative estimate of drug-likeness (QED) is 0.652. The van der Waals surface area contributed by atoms with Crippen LogP contribution in [0.4, 0.5) is 0 Å². The van der Waals surface area contributed by atoms with Crippen molar-refractivity contribution in [3.63, 3.8) is 0 Å². The van der Waals surface area contributed by atoms with E-state index in [4.69, 9.17) is 10.3 Å². The Morgan fingerprint density at radius 3 is 2.64 bits per heavy atom. The van der Waals surface area contributed by atoms with E-state index >= 15 is 0 Å². The first kappa shape index (κ1) is 17.7. The number of hydrogen-bond donors (Lipinski definition) is 1. The Kier molecular flexibility index (Phi) is 5.55. The molecule has 2 heterocycles. The van der Waals surface area contributed by atoms with Crippen LogP contribution in [0.5, 0.6) is 0 Å². The van der Waals surface area contributed by atoms with Crippen molar-refractivity contribution in [3.8, 4) is 0 Å². The molecule has 0 aliphatic carbocycles. The molecule has 25 heavy (non-hydrogen) atoms. The van der Waals surface area contributed by atoms with Gasteiger partial charge >= 0.3 is 0 Å². The highest BCUT2D eigenvalue weighted by atomic mass is 32.2. The molecular weight excluding hydrogens is 334 g/mol. The van der Waals surface area contributed by atoms with Crippen LogP contribution < -0.4 is 5.73 Å². The topological polar surface area (TPSA) is 82.8 Å². The van der Waals surface area contributed by atoms with Crippen LogP contribution in [-0.2, 0) is 19.2 Å². The molecule has 132 valence electrons. The zero-order valence-electron chi connectivity index (χ0n) is 14.7. The number of thioether (sulfide) groups is 1. The van der Waals surface area contributed by atoms with Gasteiger partial charge in [-0.1, -0.05) is 61.1 Å². The fraction of sp³-hybridized carbons (Fsp3) is 0.389. The molecule has 1 aromatic carbocycles. The molecule has 2 N–H and O–H groups in total. The number of hydrogen-bond acceptors (Lipinski definition) is 6. The van der Waals surface area contributed by atoms with Gasteiger partial charge in [0.15, 0.2) is 11.0 Å². The maximum Gasteiger partial charge on any atom is 0.191 e. The van der Waals surface area contributed by atoms with Gasteiger partial charge in [-0.2, -0.15) is 0 Å². The molecule has 7 heteroatoms. The third-order valence-corrected chi connectivity index (χ3v) is 5.05. The Morgan fingerprint density at radius 2 is 1.96 bits per heavy atom. The number of benzene rings is 1. The predicted molar refractivity (Wildman–Crippen MR) is 98.2 cm³/mol. The minimum Gasteiger partial charge on any atom is -0.361 e. The van der Waals surface area contributed by atoms with Crippen molar-refractivity contribution in [1.29, 1.82) is 0 Å². The summed E-state index contributed by atoms with van der Waals surface area (Å²) in [5.74, 6) is 2.72. The van der Waals surface area contributed by atoms with Crippen LogP contribution in [0.3, 0.4) is 0 Å². The Hall–Kier alpha value is -2.12. The van der Waals surface area contributed by atoms with Gasteiger partial charge in [0, 0.05) is 24.8 Å². The molecule has 3 rings (SSSR count). The second kappa shape index (κ2) is 7.84. The van der Waals surface area contributed by atoms with Gasteiger partial charge in [-0.05, 0) is 12.0 Å². The molecule has 3 aromatic rings. The average Bonchev–Trinajstić information content (AvgIpc) is 3.21. The molecule has 0 amide bonds. The van der Waals surface area contributed by atoms with Crippen LogP contribution in [-0.4, -0.2) is 19.9 Å². The number of nitrogens with zero attached hydrogens (tertiary/aromatic N) is 4. The van der Waals surface area contributed by atoms with E-state index in [9.17, 15) is 0 Å². The Bertz CT molecular complexity index is 812. The van der Waals surface area contributed by atoms with Gasteiger partial charge in [0.2, 0.25) is 0 Å². The summed E-state index contributed by atoms with van der Waals surface area (Å²) in [4.78, 5) is 0. The lowest BCUT2D eigenvalue weighted by Gasteiger charge is -2.11. The second-order valence-corrected chi connectivity index (χ2v) is 7.30. The minimum absolute atomic E-state index is 0.186. The molecule has 0 aliphatic rings. The van der Waals surface area contributed by atoms with E-state index in [0.29, 0.717) is 11.7 Å². The molecule has 0 aliphatic heterocycles. The van der Waals surface area contributed by atoms with Crippen LogP contribution in [0.25, 0.3) is 0 Å². The van der Waals surface area contributed by atoms with Crippen LogP contribution in [0.1, 0.15) is 48.6 Å². The lowest BCUT2D eigenvalue weighted by molar-refractivity contribution is 0.367. The Labute approximate surface area is 151 Å². The van der Waals surface area contributed by atoms with Gasteiger partial charge in [-0.15, -0.1) is 10.2 Å². The Balaban J connectivity index is 1.64. The summed E-state index contributed by atoms with van der Waals surface area (Å²) in [6.07, 6.45) is 0.735. The summed E-state index contributed by atoms with van der Waals surface area (Å²) in [6, 6.07) is 12.0. The molecule has 0 radical (unpaired) electrons. The van der Waals surface area contributed by atoms with Crippen molar-refractivity contribution in [2.45, 2.75) is 43.1 Å². The highest BCUT2D eigenvalue weighted by Gasteiger charge is 2.17. The molecule has 1 atom stereocenters. The first-order chi connectivity index (χ1) is 12.0. The molecule has 0 bridgehead atoms. The molecule has 0 saturated heterocycles.